The third kappa shape index (κ3) is 4.14. The summed E-state index contributed by atoms with van der Waals surface area (Å²) < 4.78 is 5.30. The fourth-order valence-electron chi connectivity index (χ4n) is 4.59. The molecule has 0 aliphatic heterocycles. The average molecular weight is 416 g/mol. The number of Topliss-reactive ketones (excluding diaryl/α,β-unsaturated/α-hetero) is 1. The Labute approximate surface area is 183 Å². The van der Waals surface area contributed by atoms with Crippen LogP contribution in [0.5, 0.6) is 5.88 Å². The van der Waals surface area contributed by atoms with Crippen LogP contribution in [0.2, 0.25) is 0 Å². The fraction of sp³-hybridized carbons (Fsp3) is 0.423. The minimum absolute atomic E-state index is 0.166. The van der Waals surface area contributed by atoms with Crippen LogP contribution in [0.1, 0.15) is 55.8 Å². The zero-order valence-corrected chi connectivity index (χ0v) is 18.2. The van der Waals surface area contributed by atoms with Crippen molar-refractivity contribution in [2.45, 2.75) is 51.5 Å². The van der Waals surface area contributed by atoms with Gasteiger partial charge in [0.1, 0.15) is 0 Å². The quantitative estimate of drug-likeness (QED) is 0.509. The number of fused-ring (bicyclic) bond motifs is 1. The van der Waals surface area contributed by atoms with Gasteiger partial charge in [-0.05, 0) is 73.8 Å². The normalized spacial score (nSPS) is 21.1. The van der Waals surface area contributed by atoms with E-state index < -0.39 is 0 Å². The number of hydrogen-bond acceptors (Lipinski definition) is 5. The van der Waals surface area contributed by atoms with E-state index >= 15 is 0 Å². The van der Waals surface area contributed by atoms with Crippen LogP contribution in [-0.2, 0) is 0 Å². The molecular weight excluding hydrogens is 386 g/mol. The number of ether oxygens (including phenoxy) is 1. The Morgan fingerprint density at radius 3 is 2.52 bits per heavy atom. The Bertz CT molecular complexity index is 1110. The number of benzene rings is 1. The van der Waals surface area contributed by atoms with Gasteiger partial charge in [0.05, 0.1) is 23.9 Å². The number of pyridine rings is 2. The molecule has 0 atom stereocenters. The van der Waals surface area contributed by atoms with E-state index in [1.807, 2.05) is 18.2 Å². The van der Waals surface area contributed by atoms with Crippen molar-refractivity contribution in [3.8, 4) is 17.0 Å². The Balaban J connectivity index is 1.59. The van der Waals surface area contributed by atoms with Crippen molar-refractivity contribution in [3.63, 3.8) is 0 Å². The molecule has 2 aromatic heterocycles. The SMILES string of the molecule is COc1cc(-c2ccc3ncc(C(=O)C4CC4)c(NC4CCC(C)CC4)c3c2)ccn1. The maximum Gasteiger partial charge on any atom is 0.213 e. The lowest BCUT2D eigenvalue weighted by atomic mass is 9.87. The van der Waals surface area contributed by atoms with E-state index in [9.17, 15) is 4.79 Å². The number of anilines is 1. The van der Waals surface area contributed by atoms with Crippen LogP contribution < -0.4 is 10.1 Å². The van der Waals surface area contributed by atoms with Crippen LogP contribution in [-0.4, -0.2) is 28.9 Å². The Hall–Kier alpha value is -2.95. The van der Waals surface area contributed by atoms with E-state index in [2.05, 4.69) is 34.3 Å². The molecule has 0 spiro atoms. The first-order chi connectivity index (χ1) is 15.1. The largest absolute Gasteiger partial charge is 0.481 e. The molecule has 3 aromatic rings. The van der Waals surface area contributed by atoms with Gasteiger partial charge in [-0.1, -0.05) is 13.0 Å². The molecule has 160 valence electrons. The molecule has 2 aliphatic rings. The topological polar surface area (TPSA) is 64.1 Å². The van der Waals surface area contributed by atoms with E-state index in [0.717, 1.165) is 64.9 Å². The highest BCUT2D eigenvalue weighted by Gasteiger charge is 2.33. The van der Waals surface area contributed by atoms with E-state index in [4.69, 9.17) is 4.74 Å². The maximum absolute atomic E-state index is 13.1. The van der Waals surface area contributed by atoms with E-state index in [0.29, 0.717) is 11.9 Å². The predicted octanol–water partition coefficient (Wildman–Crippen LogP) is 5.89. The lowest BCUT2D eigenvalue weighted by Crippen LogP contribution is -2.26. The molecule has 0 radical (unpaired) electrons. The van der Waals surface area contributed by atoms with Crippen molar-refractivity contribution < 1.29 is 9.53 Å². The van der Waals surface area contributed by atoms with Gasteiger partial charge >= 0.3 is 0 Å². The molecule has 2 heterocycles. The number of ketones is 1. The summed E-state index contributed by atoms with van der Waals surface area (Å²) in [5.41, 5.74) is 4.71. The van der Waals surface area contributed by atoms with E-state index in [1.165, 1.54) is 12.8 Å². The molecule has 0 unspecified atom stereocenters. The molecule has 5 heteroatoms. The summed E-state index contributed by atoms with van der Waals surface area (Å²) in [6.07, 6.45) is 10.3. The first-order valence-corrected chi connectivity index (χ1v) is 11.4. The summed E-state index contributed by atoms with van der Waals surface area (Å²) in [7, 11) is 1.62. The number of nitrogens with zero attached hydrogens (tertiary/aromatic N) is 2. The smallest absolute Gasteiger partial charge is 0.213 e. The lowest BCUT2D eigenvalue weighted by molar-refractivity contribution is 0.0968. The van der Waals surface area contributed by atoms with Crippen LogP contribution in [0.15, 0.2) is 42.7 Å². The van der Waals surface area contributed by atoms with E-state index in [-0.39, 0.29) is 11.7 Å². The van der Waals surface area contributed by atoms with Gasteiger partial charge in [-0.25, -0.2) is 4.98 Å². The van der Waals surface area contributed by atoms with Crippen molar-refractivity contribution in [3.05, 3.63) is 48.3 Å². The minimum atomic E-state index is 0.166. The Morgan fingerprint density at radius 1 is 1.00 bits per heavy atom. The molecule has 1 aromatic carbocycles. The molecule has 31 heavy (non-hydrogen) atoms. The van der Waals surface area contributed by atoms with Crippen LogP contribution >= 0.6 is 0 Å². The highest BCUT2D eigenvalue weighted by atomic mass is 16.5. The highest BCUT2D eigenvalue weighted by Crippen LogP contribution is 2.39. The molecule has 5 nitrogen and oxygen atoms in total. The maximum atomic E-state index is 13.1. The summed E-state index contributed by atoms with van der Waals surface area (Å²) in [5, 5.41) is 4.79. The van der Waals surface area contributed by atoms with Crippen molar-refractivity contribution in [2.75, 3.05) is 12.4 Å². The zero-order chi connectivity index (χ0) is 21.4. The highest BCUT2D eigenvalue weighted by molar-refractivity contribution is 6.10. The van der Waals surface area contributed by atoms with Gasteiger partial charge in [0, 0.05) is 35.8 Å². The van der Waals surface area contributed by atoms with Crippen molar-refractivity contribution in [2.24, 2.45) is 11.8 Å². The second kappa shape index (κ2) is 8.29. The molecule has 0 amide bonds. The summed E-state index contributed by atoms with van der Waals surface area (Å²) in [6, 6.07) is 10.6. The van der Waals surface area contributed by atoms with Gasteiger partial charge in [0.2, 0.25) is 5.88 Å². The number of rotatable bonds is 6. The summed E-state index contributed by atoms with van der Waals surface area (Å²) >= 11 is 0. The average Bonchev–Trinajstić information content (AvgIpc) is 3.65. The summed E-state index contributed by atoms with van der Waals surface area (Å²) in [4.78, 5) is 22.0. The second-order valence-electron chi connectivity index (χ2n) is 9.11. The first kappa shape index (κ1) is 20.0. The van der Waals surface area contributed by atoms with Gasteiger partial charge < -0.3 is 10.1 Å². The monoisotopic (exact) mass is 415 g/mol. The molecule has 0 bridgehead atoms. The van der Waals surface area contributed by atoms with Crippen LogP contribution in [0.3, 0.4) is 0 Å². The van der Waals surface area contributed by atoms with Gasteiger partial charge in [0.15, 0.2) is 5.78 Å². The van der Waals surface area contributed by atoms with E-state index in [1.54, 1.807) is 19.5 Å². The molecule has 2 fully saturated rings. The van der Waals surface area contributed by atoms with Crippen molar-refractivity contribution >= 4 is 22.4 Å². The Kier molecular flexibility index (Phi) is 5.34. The fourth-order valence-corrected chi connectivity index (χ4v) is 4.59. The zero-order valence-electron chi connectivity index (χ0n) is 18.2. The summed E-state index contributed by atoms with van der Waals surface area (Å²) in [5.74, 6) is 1.77. The number of aromatic nitrogens is 2. The molecule has 0 saturated heterocycles. The third-order valence-corrected chi connectivity index (χ3v) is 6.72. The molecule has 5 rings (SSSR count). The third-order valence-electron chi connectivity index (χ3n) is 6.72. The molecular formula is C26H29N3O2. The second-order valence-corrected chi connectivity index (χ2v) is 9.11. The van der Waals surface area contributed by atoms with Crippen molar-refractivity contribution in [1.29, 1.82) is 0 Å². The summed E-state index contributed by atoms with van der Waals surface area (Å²) in [6.45, 7) is 2.33. The molecule has 2 aliphatic carbocycles. The first-order valence-electron chi connectivity index (χ1n) is 11.4. The molecule has 1 N–H and O–H groups in total. The predicted molar refractivity (Wildman–Crippen MR) is 124 cm³/mol. The standard InChI is InChI=1S/C26H29N3O2/c1-16-3-8-20(9-4-16)29-25-21-13-18(19-11-12-27-24(14-19)31-2)7-10-23(21)28-15-22(25)26(30)17-5-6-17/h7,10-17,20H,3-6,8-9H2,1-2H3,(H,28,29). The van der Waals surface area contributed by atoms with Gasteiger partial charge in [-0.3, -0.25) is 9.78 Å². The number of carbonyl (C=O) groups is 1. The number of nitrogens with one attached hydrogen (secondary N) is 1. The van der Waals surface area contributed by atoms with Gasteiger partial charge in [-0.2, -0.15) is 0 Å². The van der Waals surface area contributed by atoms with Crippen molar-refractivity contribution in [1.82, 2.24) is 9.97 Å². The number of methoxy groups -OCH3 is 1. The van der Waals surface area contributed by atoms with Crippen LogP contribution in [0.4, 0.5) is 5.69 Å². The molecule has 2 saturated carbocycles. The number of hydrogen-bond donors (Lipinski definition) is 1. The lowest BCUT2D eigenvalue weighted by Gasteiger charge is -2.29. The van der Waals surface area contributed by atoms with Gasteiger partial charge in [-0.15, -0.1) is 0 Å². The number of carbonyl (C=O) groups excluding carboxylic acids is 1. The van der Waals surface area contributed by atoms with Crippen LogP contribution in [0.25, 0.3) is 22.0 Å². The Morgan fingerprint density at radius 2 is 1.77 bits per heavy atom. The van der Waals surface area contributed by atoms with Gasteiger partial charge in [0.25, 0.3) is 0 Å². The minimum Gasteiger partial charge on any atom is -0.481 e. The van der Waals surface area contributed by atoms with Crippen LogP contribution in [0, 0.1) is 11.8 Å².